The fourth-order valence-electron chi connectivity index (χ4n) is 3.97. The number of Topliss-reactive ketones (excluding diaryl/α,β-unsaturated/α-hetero) is 1. The number of benzene rings is 2. The summed E-state index contributed by atoms with van der Waals surface area (Å²) in [5, 5.41) is 3.09. The van der Waals surface area contributed by atoms with Crippen molar-refractivity contribution in [1.29, 1.82) is 0 Å². The van der Waals surface area contributed by atoms with Gasteiger partial charge in [0, 0.05) is 37.4 Å². The zero-order valence-corrected chi connectivity index (χ0v) is 18.1. The number of hydrogen-bond donors (Lipinski definition) is 1. The van der Waals surface area contributed by atoms with Gasteiger partial charge in [0.25, 0.3) is 0 Å². The maximum atomic E-state index is 12.6. The Morgan fingerprint density at radius 3 is 2.32 bits per heavy atom. The minimum absolute atomic E-state index is 0.0154. The zero-order chi connectivity index (χ0) is 21.8. The van der Waals surface area contributed by atoms with Crippen molar-refractivity contribution in [3.05, 3.63) is 53.6 Å². The number of nitrogens with zero attached hydrogens (tertiary/aromatic N) is 2. The fraction of sp³-hybridized carbons (Fsp3) is 0.417. The number of rotatable bonds is 6. The SMILES string of the molecule is CC(=O)c1ccc(N2CCN(CC(=O)N[C@@H](C)c3ccc4c(c3)OCCO4)CC2)cc1. The number of anilines is 1. The molecule has 0 saturated carbocycles. The minimum Gasteiger partial charge on any atom is -0.486 e. The molecule has 1 atom stereocenters. The van der Waals surface area contributed by atoms with Crippen molar-refractivity contribution in [2.45, 2.75) is 19.9 Å². The van der Waals surface area contributed by atoms with Gasteiger partial charge in [-0.15, -0.1) is 0 Å². The normalized spacial score (nSPS) is 17.2. The van der Waals surface area contributed by atoms with Crippen molar-refractivity contribution in [1.82, 2.24) is 10.2 Å². The molecule has 1 saturated heterocycles. The number of fused-ring (bicyclic) bond motifs is 1. The molecular weight excluding hydrogens is 394 g/mol. The smallest absolute Gasteiger partial charge is 0.234 e. The lowest BCUT2D eigenvalue weighted by atomic mass is 10.1. The third-order valence-corrected chi connectivity index (χ3v) is 5.82. The molecule has 2 heterocycles. The first-order chi connectivity index (χ1) is 15.0. The van der Waals surface area contributed by atoms with Gasteiger partial charge in [-0.2, -0.15) is 0 Å². The van der Waals surface area contributed by atoms with Crippen LogP contribution in [0.4, 0.5) is 5.69 Å². The Morgan fingerprint density at radius 1 is 0.968 bits per heavy atom. The molecule has 2 aromatic rings. The summed E-state index contributed by atoms with van der Waals surface area (Å²) in [6.45, 7) is 8.39. The first kappa shape index (κ1) is 21.2. The number of piperazine rings is 1. The molecule has 2 aliphatic heterocycles. The molecule has 0 aromatic heterocycles. The molecule has 1 N–H and O–H groups in total. The van der Waals surface area contributed by atoms with Crippen LogP contribution in [0, 0.1) is 0 Å². The van der Waals surface area contributed by atoms with E-state index in [2.05, 4.69) is 15.1 Å². The van der Waals surface area contributed by atoms with E-state index in [-0.39, 0.29) is 17.7 Å². The van der Waals surface area contributed by atoms with E-state index in [4.69, 9.17) is 9.47 Å². The molecule has 0 bridgehead atoms. The predicted molar refractivity (Wildman–Crippen MR) is 119 cm³/mol. The van der Waals surface area contributed by atoms with E-state index in [9.17, 15) is 9.59 Å². The number of carbonyl (C=O) groups excluding carboxylic acids is 2. The summed E-state index contributed by atoms with van der Waals surface area (Å²) in [6.07, 6.45) is 0. The minimum atomic E-state index is -0.107. The molecule has 4 rings (SSSR count). The Hall–Kier alpha value is -3.06. The fourth-order valence-corrected chi connectivity index (χ4v) is 3.97. The van der Waals surface area contributed by atoms with Crippen molar-refractivity contribution in [2.24, 2.45) is 0 Å². The highest BCUT2D eigenvalue weighted by molar-refractivity contribution is 5.94. The highest BCUT2D eigenvalue weighted by Crippen LogP contribution is 2.32. The standard InChI is InChI=1S/C24H29N3O4/c1-17(20-5-8-22-23(15-20)31-14-13-30-22)25-24(29)16-26-9-11-27(12-10-26)21-6-3-19(4-7-21)18(2)28/h3-8,15,17H,9-14,16H2,1-2H3,(H,25,29)/t17-/m0/s1. The molecule has 2 aliphatic rings. The van der Waals surface area contributed by atoms with Gasteiger partial charge >= 0.3 is 0 Å². The van der Waals surface area contributed by atoms with E-state index < -0.39 is 0 Å². The Kier molecular flexibility index (Phi) is 6.42. The van der Waals surface area contributed by atoms with Gasteiger partial charge in [0.05, 0.1) is 12.6 Å². The largest absolute Gasteiger partial charge is 0.486 e. The topological polar surface area (TPSA) is 71.1 Å². The second-order valence-corrected chi connectivity index (χ2v) is 8.06. The Labute approximate surface area is 182 Å². The Balaban J connectivity index is 1.25. The molecule has 0 aliphatic carbocycles. The molecule has 164 valence electrons. The quantitative estimate of drug-likeness (QED) is 0.721. The summed E-state index contributed by atoms with van der Waals surface area (Å²) < 4.78 is 11.2. The number of carbonyl (C=O) groups is 2. The average molecular weight is 424 g/mol. The van der Waals surface area contributed by atoms with Gasteiger partial charge in [-0.1, -0.05) is 6.07 Å². The van der Waals surface area contributed by atoms with E-state index in [1.54, 1.807) is 6.92 Å². The molecule has 7 nitrogen and oxygen atoms in total. The monoisotopic (exact) mass is 423 g/mol. The molecule has 31 heavy (non-hydrogen) atoms. The molecule has 7 heteroatoms. The second kappa shape index (κ2) is 9.39. The van der Waals surface area contributed by atoms with Crippen LogP contribution >= 0.6 is 0 Å². The lowest BCUT2D eigenvalue weighted by Gasteiger charge is -2.36. The van der Waals surface area contributed by atoms with Gasteiger partial charge < -0.3 is 19.7 Å². The van der Waals surface area contributed by atoms with Gasteiger partial charge in [0.2, 0.25) is 5.91 Å². The molecule has 0 spiro atoms. The molecule has 1 amide bonds. The lowest BCUT2D eigenvalue weighted by Crippen LogP contribution is -2.49. The maximum Gasteiger partial charge on any atom is 0.234 e. The van der Waals surface area contributed by atoms with Crippen LogP contribution in [0.3, 0.4) is 0 Å². The van der Waals surface area contributed by atoms with Crippen LogP contribution in [0.15, 0.2) is 42.5 Å². The Morgan fingerprint density at radius 2 is 1.65 bits per heavy atom. The van der Waals surface area contributed by atoms with Crippen LogP contribution in [0.1, 0.15) is 35.8 Å². The second-order valence-electron chi connectivity index (χ2n) is 8.06. The van der Waals surface area contributed by atoms with Gasteiger partial charge in [0.1, 0.15) is 13.2 Å². The van der Waals surface area contributed by atoms with Gasteiger partial charge in [0.15, 0.2) is 17.3 Å². The van der Waals surface area contributed by atoms with Crippen molar-refractivity contribution in [3.63, 3.8) is 0 Å². The third-order valence-electron chi connectivity index (χ3n) is 5.82. The molecule has 0 unspecified atom stereocenters. The van der Waals surface area contributed by atoms with E-state index in [1.807, 2.05) is 49.4 Å². The summed E-state index contributed by atoms with van der Waals surface area (Å²) in [6, 6.07) is 13.4. The first-order valence-corrected chi connectivity index (χ1v) is 10.8. The number of amides is 1. The maximum absolute atomic E-state index is 12.6. The van der Waals surface area contributed by atoms with Gasteiger partial charge in [-0.3, -0.25) is 14.5 Å². The molecule has 2 aromatic carbocycles. The van der Waals surface area contributed by atoms with Crippen LogP contribution in [-0.2, 0) is 4.79 Å². The number of ketones is 1. The molecule has 0 radical (unpaired) electrons. The summed E-state index contributed by atoms with van der Waals surface area (Å²) in [7, 11) is 0. The van der Waals surface area contributed by atoms with Crippen LogP contribution in [0.2, 0.25) is 0 Å². The van der Waals surface area contributed by atoms with Gasteiger partial charge in [-0.25, -0.2) is 0 Å². The molecule has 1 fully saturated rings. The predicted octanol–water partition coefficient (Wildman–Crippen LogP) is 2.66. The van der Waals surface area contributed by atoms with Crippen molar-refractivity contribution < 1.29 is 19.1 Å². The van der Waals surface area contributed by atoms with Crippen LogP contribution in [-0.4, -0.2) is 62.5 Å². The van der Waals surface area contributed by atoms with E-state index in [0.29, 0.717) is 19.8 Å². The van der Waals surface area contributed by atoms with E-state index in [0.717, 1.165) is 54.5 Å². The number of nitrogens with one attached hydrogen (secondary N) is 1. The third kappa shape index (κ3) is 5.17. The highest BCUT2D eigenvalue weighted by atomic mass is 16.6. The van der Waals surface area contributed by atoms with Crippen molar-refractivity contribution in [2.75, 3.05) is 50.8 Å². The van der Waals surface area contributed by atoms with Crippen LogP contribution in [0.5, 0.6) is 11.5 Å². The number of ether oxygens (including phenoxy) is 2. The highest BCUT2D eigenvalue weighted by Gasteiger charge is 2.21. The van der Waals surface area contributed by atoms with Crippen molar-refractivity contribution in [3.8, 4) is 11.5 Å². The lowest BCUT2D eigenvalue weighted by molar-refractivity contribution is -0.123. The molecular formula is C24H29N3O4. The summed E-state index contributed by atoms with van der Waals surface area (Å²) in [5.74, 6) is 1.58. The van der Waals surface area contributed by atoms with E-state index >= 15 is 0 Å². The first-order valence-electron chi connectivity index (χ1n) is 10.8. The average Bonchev–Trinajstić information content (AvgIpc) is 2.79. The van der Waals surface area contributed by atoms with Crippen LogP contribution in [0.25, 0.3) is 0 Å². The van der Waals surface area contributed by atoms with Gasteiger partial charge in [-0.05, 0) is 55.8 Å². The number of hydrogen-bond acceptors (Lipinski definition) is 6. The van der Waals surface area contributed by atoms with Crippen molar-refractivity contribution >= 4 is 17.4 Å². The summed E-state index contributed by atoms with van der Waals surface area (Å²) in [5.41, 5.74) is 2.84. The summed E-state index contributed by atoms with van der Waals surface area (Å²) >= 11 is 0. The Bertz CT molecular complexity index is 936. The van der Waals surface area contributed by atoms with Crippen LogP contribution < -0.4 is 19.7 Å². The zero-order valence-electron chi connectivity index (χ0n) is 18.1. The van der Waals surface area contributed by atoms with E-state index in [1.165, 1.54) is 0 Å². The summed E-state index contributed by atoms with van der Waals surface area (Å²) in [4.78, 5) is 28.5.